The zero-order valence-corrected chi connectivity index (χ0v) is 22.1. The maximum atomic E-state index is 13.9. The Hall–Kier alpha value is -3.79. The molecule has 0 bridgehead atoms. The van der Waals surface area contributed by atoms with Crippen molar-refractivity contribution < 1.29 is 23.6 Å². The first-order valence-electron chi connectivity index (χ1n) is 12.6. The van der Waals surface area contributed by atoms with Crippen LogP contribution in [0.5, 0.6) is 0 Å². The highest BCUT2D eigenvalue weighted by Crippen LogP contribution is 2.25. The van der Waals surface area contributed by atoms with E-state index in [9.17, 15) is 23.6 Å². The second-order valence-electron chi connectivity index (χ2n) is 9.81. The van der Waals surface area contributed by atoms with Crippen molar-refractivity contribution in [1.29, 1.82) is 0 Å². The van der Waals surface area contributed by atoms with E-state index in [1.165, 1.54) is 34.4 Å². The van der Waals surface area contributed by atoms with E-state index in [0.717, 1.165) is 10.1 Å². The molecule has 200 valence electrons. The summed E-state index contributed by atoms with van der Waals surface area (Å²) >= 11 is 1.36. The number of thiophene rings is 1. The van der Waals surface area contributed by atoms with Gasteiger partial charge in [-0.1, -0.05) is 44.2 Å². The smallest absolute Gasteiger partial charge is 0.322 e. The summed E-state index contributed by atoms with van der Waals surface area (Å²) in [6, 6.07) is 13.1. The van der Waals surface area contributed by atoms with E-state index in [0.29, 0.717) is 24.1 Å². The van der Waals surface area contributed by atoms with Gasteiger partial charge < -0.3 is 20.9 Å². The fourth-order valence-corrected chi connectivity index (χ4v) is 5.37. The second kappa shape index (κ2) is 12.2. The van der Waals surface area contributed by atoms with Crippen molar-refractivity contribution in [1.82, 2.24) is 15.5 Å². The van der Waals surface area contributed by atoms with Crippen LogP contribution in [0.25, 0.3) is 10.1 Å². The van der Waals surface area contributed by atoms with Crippen molar-refractivity contribution in [3.8, 4) is 0 Å². The second-order valence-corrected chi connectivity index (χ2v) is 10.9. The van der Waals surface area contributed by atoms with E-state index in [1.807, 2.05) is 38.1 Å². The lowest BCUT2D eigenvalue weighted by atomic mass is 10.0. The van der Waals surface area contributed by atoms with Gasteiger partial charge in [0, 0.05) is 11.2 Å². The van der Waals surface area contributed by atoms with Gasteiger partial charge in [-0.2, -0.15) is 0 Å². The van der Waals surface area contributed by atoms with E-state index in [2.05, 4.69) is 16.0 Å². The van der Waals surface area contributed by atoms with Crippen LogP contribution in [0.3, 0.4) is 0 Å². The van der Waals surface area contributed by atoms with Gasteiger partial charge in [0.05, 0.1) is 23.2 Å². The number of carbonyl (C=O) groups excluding carboxylic acids is 4. The number of carbonyl (C=O) groups is 4. The minimum absolute atomic E-state index is 0.0324. The minimum Gasteiger partial charge on any atom is -0.344 e. The Bertz CT molecular complexity index is 1310. The number of Topliss-reactive ketones (excluding diaryl/α,β-unsaturated/α-hetero) is 1. The number of fused-ring (bicyclic) bond motifs is 1. The number of para-hydroxylation sites is 1. The van der Waals surface area contributed by atoms with Gasteiger partial charge >= 0.3 is 6.03 Å². The molecule has 4 rings (SSSR count). The summed E-state index contributed by atoms with van der Waals surface area (Å²) in [6.45, 7) is 3.98. The number of halogens is 1. The summed E-state index contributed by atoms with van der Waals surface area (Å²) in [5, 5.41) is 9.10. The largest absolute Gasteiger partial charge is 0.344 e. The first kappa shape index (κ1) is 27.3. The number of nitrogens with one attached hydrogen (secondary N) is 3. The van der Waals surface area contributed by atoms with Gasteiger partial charge in [0.1, 0.15) is 11.9 Å². The van der Waals surface area contributed by atoms with Crippen molar-refractivity contribution in [3.63, 3.8) is 0 Å². The normalized spacial score (nSPS) is 16.7. The summed E-state index contributed by atoms with van der Waals surface area (Å²) in [7, 11) is 0. The molecule has 1 aromatic heterocycles. The summed E-state index contributed by atoms with van der Waals surface area (Å²) in [5.74, 6) is -1.54. The van der Waals surface area contributed by atoms with Crippen molar-refractivity contribution in [2.75, 3.05) is 18.4 Å². The topological polar surface area (TPSA) is 108 Å². The molecule has 1 unspecified atom stereocenters. The summed E-state index contributed by atoms with van der Waals surface area (Å²) in [5.41, 5.74) is 0.0324. The number of nitrogens with zero attached hydrogens (tertiary/aromatic N) is 1. The maximum Gasteiger partial charge on any atom is 0.322 e. The third-order valence-corrected chi connectivity index (χ3v) is 7.47. The maximum absolute atomic E-state index is 13.9. The van der Waals surface area contributed by atoms with Crippen LogP contribution in [0.2, 0.25) is 0 Å². The molecular weight excluding hydrogens is 507 g/mol. The molecule has 1 fully saturated rings. The lowest BCUT2D eigenvalue weighted by Gasteiger charge is -2.23. The number of urea groups is 1. The Morgan fingerprint density at radius 1 is 1.11 bits per heavy atom. The highest BCUT2D eigenvalue weighted by Gasteiger charge is 2.31. The molecule has 3 aromatic rings. The number of anilines is 1. The minimum atomic E-state index is -0.816. The monoisotopic (exact) mass is 538 g/mol. The average Bonchev–Trinajstić information content (AvgIpc) is 3.24. The van der Waals surface area contributed by atoms with Crippen LogP contribution >= 0.6 is 11.3 Å². The van der Waals surface area contributed by atoms with E-state index in [1.54, 1.807) is 12.1 Å². The van der Waals surface area contributed by atoms with Gasteiger partial charge in [-0.15, -0.1) is 11.3 Å². The molecule has 2 atom stereocenters. The van der Waals surface area contributed by atoms with Crippen LogP contribution in [0.1, 0.15) is 42.8 Å². The molecule has 1 aliphatic rings. The third kappa shape index (κ3) is 6.74. The molecule has 2 heterocycles. The fraction of sp³-hybridized carbons (Fsp3) is 0.357. The Kier molecular flexibility index (Phi) is 8.73. The van der Waals surface area contributed by atoms with E-state index in [4.69, 9.17) is 0 Å². The van der Waals surface area contributed by atoms with Crippen molar-refractivity contribution >= 4 is 50.7 Å². The molecule has 0 spiro atoms. The zero-order chi connectivity index (χ0) is 27.2. The van der Waals surface area contributed by atoms with Crippen LogP contribution in [0, 0.1) is 11.7 Å². The molecule has 1 saturated heterocycles. The Balaban J connectivity index is 1.38. The van der Waals surface area contributed by atoms with E-state index in [-0.39, 0.29) is 36.4 Å². The lowest BCUT2D eigenvalue weighted by molar-refractivity contribution is -0.129. The molecule has 2 aromatic carbocycles. The molecule has 38 heavy (non-hydrogen) atoms. The highest BCUT2D eigenvalue weighted by atomic mass is 32.1. The molecule has 0 saturated carbocycles. The van der Waals surface area contributed by atoms with Crippen LogP contribution in [-0.2, 0) is 9.59 Å². The van der Waals surface area contributed by atoms with Gasteiger partial charge in [-0.05, 0) is 54.8 Å². The standard InChI is InChI=1S/C28H31FN4O4S/c1-17(2)14-22(31-27(36)25-15-18-8-3-6-12-24(18)38-25)26(35)30-21-11-7-13-33(16-23(21)34)28(37)32-20-10-5-4-9-19(20)29/h3-6,8-10,12,15,17,21-22H,7,11,13-14,16H2,1-2H3,(H,30,35)(H,31,36)(H,32,37)/t21-,22?/m0/s1. The predicted molar refractivity (Wildman–Crippen MR) is 146 cm³/mol. The Morgan fingerprint density at radius 3 is 2.58 bits per heavy atom. The van der Waals surface area contributed by atoms with Gasteiger partial charge in [-0.25, -0.2) is 9.18 Å². The third-order valence-electron chi connectivity index (χ3n) is 6.35. The number of amides is 4. The Morgan fingerprint density at radius 2 is 1.84 bits per heavy atom. The molecule has 4 amide bonds. The first-order valence-corrected chi connectivity index (χ1v) is 13.5. The summed E-state index contributed by atoms with van der Waals surface area (Å²) < 4.78 is 14.9. The summed E-state index contributed by atoms with van der Waals surface area (Å²) in [6.07, 6.45) is 1.23. The van der Waals surface area contributed by atoms with Gasteiger partial charge in [0.2, 0.25) is 5.91 Å². The number of hydrogen-bond donors (Lipinski definition) is 3. The fourth-order valence-electron chi connectivity index (χ4n) is 4.41. The molecule has 8 nitrogen and oxygen atoms in total. The highest BCUT2D eigenvalue weighted by molar-refractivity contribution is 7.20. The van der Waals surface area contributed by atoms with Crippen molar-refractivity contribution in [2.24, 2.45) is 5.92 Å². The molecule has 1 aliphatic heterocycles. The number of benzene rings is 2. The van der Waals surface area contributed by atoms with Gasteiger partial charge in [0.15, 0.2) is 5.78 Å². The van der Waals surface area contributed by atoms with Crippen LogP contribution < -0.4 is 16.0 Å². The van der Waals surface area contributed by atoms with Gasteiger partial charge in [0.25, 0.3) is 5.91 Å². The number of hydrogen-bond acceptors (Lipinski definition) is 5. The zero-order valence-electron chi connectivity index (χ0n) is 21.3. The average molecular weight is 539 g/mol. The molecule has 0 aliphatic carbocycles. The molecule has 0 radical (unpaired) electrons. The Labute approximate surface area is 224 Å². The quantitative estimate of drug-likeness (QED) is 0.410. The molecule has 3 N–H and O–H groups in total. The molecular formula is C28H31FN4O4S. The van der Waals surface area contributed by atoms with Crippen LogP contribution in [-0.4, -0.2) is 53.7 Å². The van der Waals surface area contributed by atoms with Crippen molar-refractivity contribution in [2.45, 2.75) is 45.2 Å². The SMILES string of the molecule is CC(C)CC(NC(=O)c1cc2ccccc2s1)C(=O)N[C@H]1CCCN(C(=O)Nc2ccccc2F)CC1=O. The number of likely N-dealkylation sites (tertiary alicyclic amines) is 1. The van der Waals surface area contributed by atoms with Crippen LogP contribution in [0.4, 0.5) is 14.9 Å². The number of rotatable bonds is 7. The van der Waals surface area contributed by atoms with E-state index >= 15 is 0 Å². The predicted octanol–water partition coefficient (Wildman–Crippen LogP) is 4.57. The van der Waals surface area contributed by atoms with Crippen molar-refractivity contribution in [3.05, 3.63) is 65.3 Å². The lowest BCUT2D eigenvalue weighted by Crippen LogP contribution is -2.52. The van der Waals surface area contributed by atoms with Gasteiger partial charge in [-0.3, -0.25) is 14.4 Å². The first-order chi connectivity index (χ1) is 18.2. The molecule has 10 heteroatoms. The summed E-state index contributed by atoms with van der Waals surface area (Å²) in [4.78, 5) is 53.7. The number of ketones is 1. The van der Waals surface area contributed by atoms with E-state index < -0.39 is 29.8 Å². The van der Waals surface area contributed by atoms with Crippen LogP contribution in [0.15, 0.2) is 54.6 Å².